The van der Waals surface area contributed by atoms with Crippen molar-refractivity contribution in [3.05, 3.63) is 24.3 Å². The molecule has 0 saturated carbocycles. The maximum absolute atomic E-state index is 2.59. The van der Waals surface area contributed by atoms with E-state index in [-0.39, 0.29) is 0 Å². The van der Waals surface area contributed by atoms with Crippen LogP contribution >= 0.6 is 15.2 Å². The predicted molar refractivity (Wildman–Crippen MR) is 65.7 cm³/mol. The van der Waals surface area contributed by atoms with Crippen LogP contribution in [0.5, 0.6) is 0 Å². The second kappa shape index (κ2) is 2.93. The van der Waals surface area contributed by atoms with Gasteiger partial charge in [0.2, 0.25) is 0 Å². The Kier molecular flexibility index (Phi) is 1.77. The van der Waals surface area contributed by atoms with Crippen molar-refractivity contribution in [2.24, 2.45) is 0 Å². The molecule has 2 fully saturated rings. The summed E-state index contributed by atoms with van der Waals surface area (Å²) >= 11 is 0. The second-order valence-corrected chi connectivity index (χ2v) is 11.9. The molecule has 0 radical (unpaired) electrons. The molecule has 2 aliphatic carbocycles. The van der Waals surface area contributed by atoms with E-state index in [2.05, 4.69) is 24.3 Å². The normalized spacial score (nSPS) is 57.7. The van der Waals surface area contributed by atoms with Gasteiger partial charge in [0.25, 0.3) is 0 Å². The van der Waals surface area contributed by atoms with E-state index in [1.165, 1.54) is 25.7 Å². The lowest BCUT2D eigenvalue weighted by Gasteiger charge is -2.56. The first kappa shape index (κ1) is 8.49. The molecule has 0 aromatic heterocycles. The third kappa shape index (κ3) is 0.975. The fourth-order valence-electron chi connectivity index (χ4n) is 3.64. The Morgan fingerprint density at radius 2 is 0.857 bits per heavy atom. The lowest BCUT2D eigenvalue weighted by molar-refractivity contribution is 0.675. The van der Waals surface area contributed by atoms with Crippen molar-refractivity contribution in [2.45, 2.75) is 48.3 Å². The van der Waals surface area contributed by atoms with Gasteiger partial charge in [-0.15, -0.1) is 0 Å². The van der Waals surface area contributed by atoms with Crippen molar-refractivity contribution in [1.29, 1.82) is 0 Å². The standard InChI is InChI=1S/C12H16P2/c1-2-10-4-3-9(1)13-11-5-7-12(8-6-11)14(10)13/h1-2,5,7,9-12H,3-4,6,8H2/t9-,10?,11+,12?,13?,14?. The molecule has 2 saturated heterocycles. The number of hydrogen-bond donors (Lipinski definition) is 0. The van der Waals surface area contributed by atoms with Crippen molar-refractivity contribution in [1.82, 2.24) is 0 Å². The van der Waals surface area contributed by atoms with Crippen LogP contribution in [0.25, 0.3) is 0 Å². The Balaban J connectivity index is 1.82. The van der Waals surface area contributed by atoms with E-state index in [1.54, 1.807) is 0 Å². The monoisotopic (exact) mass is 222 g/mol. The van der Waals surface area contributed by atoms with E-state index in [9.17, 15) is 0 Å². The summed E-state index contributed by atoms with van der Waals surface area (Å²) in [6, 6.07) is 0. The summed E-state index contributed by atoms with van der Waals surface area (Å²) in [6.45, 7) is 0. The number of allylic oxidation sites excluding steroid dienone is 4. The third-order valence-corrected chi connectivity index (χ3v) is 14.4. The van der Waals surface area contributed by atoms with E-state index in [0.717, 1.165) is 22.6 Å². The van der Waals surface area contributed by atoms with Gasteiger partial charge in [-0.3, -0.25) is 0 Å². The average Bonchev–Trinajstić information content (AvgIpc) is 2.32. The molecule has 0 amide bonds. The van der Waals surface area contributed by atoms with Crippen molar-refractivity contribution in [3.63, 3.8) is 0 Å². The highest BCUT2D eigenvalue weighted by atomic mass is 32.1. The summed E-state index contributed by atoms with van der Waals surface area (Å²) in [4.78, 5) is 0. The summed E-state index contributed by atoms with van der Waals surface area (Å²) in [5.74, 6) is 0. The van der Waals surface area contributed by atoms with E-state index < -0.39 is 0 Å². The zero-order valence-electron chi connectivity index (χ0n) is 8.34. The Bertz CT molecular complexity index is 260. The maximum atomic E-state index is 2.59. The molecule has 4 unspecified atom stereocenters. The summed E-state index contributed by atoms with van der Waals surface area (Å²) in [5.41, 5.74) is 4.16. The summed E-state index contributed by atoms with van der Waals surface area (Å²) in [5, 5.41) is 0. The fraction of sp³-hybridized carbons (Fsp3) is 0.667. The smallest absolute Gasteiger partial charge is 0.00153 e. The molecule has 0 nitrogen and oxygen atoms in total. The van der Waals surface area contributed by atoms with Gasteiger partial charge in [-0.05, 0) is 25.7 Å². The second-order valence-electron chi connectivity index (χ2n) is 4.95. The molecule has 0 N–H and O–H groups in total. The Labute approximate surface area is 88.2 Å². The van der Waals surface area contributed by atoms with Gasteiger partial charge in [0.05, 0.1) is 0 Å². The van der Waals surface area contributed by atoms with Crippen LogP contribution in [0.2, 0.25) is 0 Å². The van der Waals surface area contributed by atoms with Gasteiger partial charge in [0.15, 0.2) is 0 Å². The van der Waals surface area contributed by atoms with Crippen LogP contribution in [0.1, 0.15) is 25.7 Å². The highest BCUT2D eigenvalue weighted by Gasteiger charge is 2.49. The number of rotatable bonds is 0. The zero-order valence-corrected chi connectivity index (χ0v) is 10.1. The minimum atomic E-state index is 0.417. The number of hydrogen-bond acceptors (Lipinski definition) is 0. The maximum Gasteiger partial charge on any atom is 0.00153 e. The van der Waals surface area contributed by atoms with Crippen LogP contribution in [0.4, 0.5) is 0 Å². The summed E-state index contributed by atoms with van der Waals surface area (Å²) in [7, 11) is 0.835. The van der Waals surface area contributed by atoms with Gasteiger partial charge < -0.3 is 0 Å². The van der Waals surface area contributed by atoms with Crippen molar-refractivity contribution in [3.8, 4) is 0 Å². The first-order valence-corrected chi connectivity index (χ1v) is 9.53. The van der Waals surface area contributed by atoms with Crippen molar-refractivity contribution in [2.75, 3.05) is 0 Å². The molecule has 0 aromatic rings. The van der Waals surface area contributed by atoms with Crippen LogP contribution in [0, 0.1) is 0 Å². The van der Waals surface area contributed by atoms with Crippen LogP contribution in [-0.4, -0.2) is 22.6 Å². The van der Waals surface area contributed by atoms with Gasteiger partial charge >= 0.3 is 0 Å². The lowest BCUT2D eigenvalue weighted by Crippen LogP contribution is -2.34. The molecule has 6 atom stereocenters. The molecular formula is C12H16P2. The Morgan fingerprint density at radius 3 is 1.07 bits per heavy atom. The molecule has 6 aliphatic rings. The van der Waals surface area contributed by atoms with Crippen LogP contribution in [0.3, 0.4) is 0 Å². The lowest BCUT2D eigenvalue weighted by atomic mass is 10.1. The van der Waals surface area contributed by atoms with Crippen LogP contribution in [-0.2, 0) is 0 Å². The SMILES string of the molecule is C1=C[C@@H]2CCC1P1C3C=C[C@@H](CC3)P21. The number of fused-ring (bicyclic) bond motifs is 2. The minimum Gasteiger partial charge on any atom is -0.0801 e. The zero-order chi connectivity index (χ0) is 9.12. The van der Waals surface area contributed by atoms with E-state index >= 15 is 0 Å². The van der Waals surface area contributed by atoms with E-state index in [0.29, 0.717) is 15.2 Å². The first-order chi connectivity index (χ1) is 6.93. The topological polar surface area (TPSA) is 0 Å². The van der Waals surface area contributed by atoms with Crippen molar-refractivity contribution >= 4 is 15.2 Å². The molecule has 4 heterocycles. The Morgan fingerprint density at radius 1 is 0.571 bits per heavy atom. The van der Waals surface area contributed by atoms with Crippen LogP contribution < -0.4 is 0 Å². The molecule has 6 rings (SSSR count). The molecule has 0 spiro atoms. The van der Waals surface area contributed by atoms with Gasteiger partial charge in [-0.1, -0.05) is 39.5 Å². The largest absolute Gasteiger partial charge is 0.0801 e. The molecule has 74 valence electrons. The van der Waals surface area contributed by atoms with Crippen molar-refractivity contribution < 1.29 is 0 Å². The molecule has 2 heteroatoms. The van der Waals surface area contributed by atoms with Gasteiger partial charge in [0, 0.05) is 22.6 Å². The van der Waals surface area contributed by atoms with Gasteiger partial charge in [-0.25, -0.2) is 0 Å². The summed E-state index contributed by atoms with van der Waals surface area (Å²) < 4.78 is 0. The molecule has 4 aliphatic heterocycles. The summed E-state index contributed by atoms with van der Waals surface area (Å²) in [6.07, 6.45) is 16.5. The molecule has 0 aromatic carbocycles. The fourth-order valence-corrected chi connectivity index (χ4v) is 15.2. The molecule has 14 heavy (non-hydrogen) atoms. The molecule has 4 bridgehead atoms. The average molecular weight is 222 g/mol. The quantitative estimate of drug-likeness (QED) is 0.428. The predicted octanol–water partition coefficient (Wildman–Crippen LogP) is 4.07. The van der Waals surface area contributed by atoms with Gasteiger partial charge in [-0.2, -0.15) is 0 Å². The minimum absolute atomic E-state index is 0.417. The van der Waals surface area contributed by atoms with Crippen LogP contribution in [0.15, 0.2) is 24.3 Å². The van der Waals surface area contributed by atoms with E-state index in [1.807, 2.05) is 0 Å². The Hall–Kier alpha value is 0.340. The van der Waals surface area contributed by atoms with E-state index in [4.69, 9.17) is 0 Å². The highest BCUT2D eigenvalue weighted by molar-refractivity contribution is 8.31. The first-order valence-electron chi connectivity index (χ1n) is 5.87. The molecular weight excluding hydrogens is 206 g/mol. The van der Waals surface area contributed by atoms with Gasteiger partial charge in [0.1, 0.15) is 0 Å². The highest BCUT2D eigenvalue weighted by Crippen LogP contribution is 2.87. The third-order valence-electron chi connectivity index (χ3n) is 4.25.